The molecular weight excluding hydrogens is 475 g/mol. The van der Waals surface area contributed by atoms with E-state index in [4.69, 9.17) is 21.1 Å². The highest BCUT2D eigenvalue weighted by atomic mass is 35.5. The van der Waals surface area contributed by atoms with Crippen molar-refractivity contribution in [2.45, 2.75) is 25.9 Å². The number of rotatable bonds is 8. The van der Waals surface area contributed by atoms with Crippen LogP contribution >= 0.6 is 11.6 Å². The lowest BCUT2D eigenvalue weighted by molar-refractivity contribution is -0.137. The number of aliphatic hydroxyl groups is 1. The number of pyridine rings is 1. The summed E-state index contributed by atoms with van der Waals surface area (Å²) in [6, 6.07) is 7.79. The van der Waals surface area contributed by atoms with Gasteiger partial charge in [-0.1, -0.05) is 17.7 Å². The molecule has 178 valence electrons. The Balaban J connectivity index is 1.53. The number of nitrogens with one attached hydrogen (secondary N) is 1. The van der Waals surface area contributed by atoms with E-state index >= 15 is 0 Å². The van der Waals surface area contributed by atoms with E-state index < -0.39 is 18.0 Å². The van der Waals surface area contributed by atoms with E-state index in [2.05, 4.69) is 20.3 Å². The summed E-state index contributed by atoms with van der Waals surface area (Å²) in [5.74, 6) is 0.397. The first kappa shape index (κ1) is 23.7. The Morgan fingerprint density at radius 1 is 1.18 bits per heavy atom. The molecule has 8 nitrogen and oxygen atoms in total. The molecule has 3 heterocycles. The minimum absolute atomic E-state index is 0.0420. The highest BCUT2D eigenvalue weighted by molar-refractivity contribution is 6.32. The zero-order chi connectivity index (χ0) is 24.3. The van der Waals surface area contributed by atoms with Gasteiger partial charge >= 0.3 is 6.18 Å². The molecule has 0 radical (unpaired) electrons. The second kappa shape index (κ2) is 9.84. The maximum absolute atomic E-state index is 12.9. The van der Waals surface area contributed by atoms with E-state index in [0.29, 0.717) is 29.1 Å². The molecule has 0 aliphatic heterocycles. The molecule has 0 aliphatic carbocycles. The summed E-state index contributed by atoms with van der Waals surface area (Å²) in [4.78, 5) is 12.7. The van der Waals surface area contributed by atoms with Crippen LogP contribution in [0.5, 0.6) is 11.6 Å². The van der Waals surface area contributed by atoms with Crippen LogP contribution in [0.1, 0.15) is 12.5 Å². The number of hydrogen-bond donors (Lipinski definition) is 2. The van der Waals surface area contributed by atoms with E-state index in [9.17, 15) is 18.3 Å². The maximum atomic E-state index is 12.9. The third-order valence-corrected chi connectivity index (χ3v) is 4.96. The molecule has 3 aromatic heterocycles. The van der Waals surface area contributed by atoms with E-state index in [1.54, 1.807) is 0 Å². The Morgan fingerprint density at radius 3 is 2.74 bits per heavy atom. The van der Waals surface area contributed by atoms with Gasteiger partial charge in [-0.2, -0.15) is 13.2 Å². The Labute approximate surface area is 197 Å². The summed E-state index contributed by atoms with van der Waals surface area (Å²) < 4.78 is 51.3. The normalized spacial score (nSPS) is 12.6. The fourth-order valence-corrected chi connectivity index (χ4v) is 3.39. The number of anilines is 2. The first-order valence-electron chi connectivity index (χ1n) is 10.1. The molecule has 0 spiro atoms. The van der Waals surface area contributed by atoms with Crippen molar-refractivity contribution >= 4 is 34.1 Å². The Hall–Kier alpha value is -3.41. The van der Waals surface area contributed by atoms with E-state index in [1.165, 1.54) is 37.6 Å². The predicted molar refractivity (Wildman–Crippen MR) is 119 cm³/mol. The SMILES string of the molecule is CC(O)OCCn1ccc2ncnc(Nc3cnc(Oc4cccc(C(F)(F)F)c4)c(Cl)c3)c21. The molecule has 4 rings (SSSR count). The van der Waals surface area contributed by atoms with Crippen molar-refractivity contribution in [3.05, 3.63) is 65.7 Å². The van der Waals surface area contributed by atoms with Crippen LogP contribution in [-0.2, 0) is 17.5 Å². The number of ether oxygens (including phenoxy) is 2. The third-order valence-electron chi connectivity index (χ3n) is 4.69. The van der Waals surface area contributed by atoms with Crippen molar-refractivity contribution in [3.8, 4) is 11.6 Å². The van der Waals surface area contributed by atoms with E-state index in [0.717, 1.165) is 12.1 Å². The quantitative estimate of drug-likeness (QED) is 0.318. The van der Waals surface area contributed by atoms with Crippen molar-refractivity contribution in [2.24, 2.45) is 0 Å². The molecule has 2 N–H and O–H groups in total. The monoisotopic (exact) mass is 493 g/mol. The fourth-order valence-electron chi connectivity index (χ4n) is 3.19. The number of benzene rings is 1. The molecule has 0 saturated carbocycles. The van der Waals surface area contributed by atoms with Crippen LogP contribution in [0.15, 0.2) is 55.1 Å². The Kier molecular flexibility index (Phi) is 6.87. The van der Waals surface area contributed by atoms with Crippen molar-refractivity contribution in [1.29, 1.82) is 0 Å². The lowest BCUT2D eigenvalue weighted by Crippen LogP contribution is -2.12. The topological polar surface area (TPSA) is 94.3 Å². The van der Waals surface area contributed by atoms with Crippen LogP contribution in [0.25, 0.3) is 11.0 Å². The summed E-state index contributed by atoms with van der Waals surface area (Å²) in [5.41, 5.74) is 1.04. The lowest BCUT2D eigenvalue weighted by Gasteiger charge is -2.13. The number of aliphatic hydroxyl groups excluding tert-OH is 1. The van der Waals surface area contributed by atoms with Crippen molar-refractivity contribution in [2.75, 3.05) is 11.9 Å². The summed E-state index contributed by atoms with van der Waals surface area (Å²) in [6.45, 7) is 2.27. The third kappa shape index (κ3) is 5.56. The molecule has 0 saturated heterocycles. The number of aromatic nitrogens is 4. The molecule has 0 fully saturated rings. The van der Waals surface area contributed by atoms with Gasteiger partial charge in [0.2, 0.25) is 5.88 Å². The van der Waals surface area contributed by atoms with Gasteiger partial charge in [-0.3, -0.25) is 0 Å². The van der Waals surface area contributed by atoms with Crippen LogP contribution in [0.4, 0.5) is 24.7 Å². The largest absolute Gasteiger partial charge is 0.438 e. The molecular formula is C22H19ClF3N5O3. The van der Waals surface area contributed by atoms with Crippen LogP contribution in [0.3, 0.4) is 0 Å². The summed E-state index contributed by atoms with van der Waals surface area (Å²) in [7, 11) is 0. The zero-order valence-corrected chi connectivity index (χ0v) is 18.5. The highest BCUT2D eigenvalue weighted by Crippen LogP contribution is 2.35. The van der Waals surface area contributed by atoms with Gasteiger partial charge in [0.05, 0.1) is 29.6 Å². The van der Waals surface area contributed by atoms with Gasteiger partial charge in [-0.15, -0.1) is 0 Å². The molecule has 12 heteroatoms. The Morgan fingerprint density at radius 2 is 2.00 bits per heavy atom. The fraction of sp³-hybridized carbons (Fsp3) is 0.227. The highest BCUT2D eigenvalue weighted by Gasteiger charge is 2.30. The van der Waals surface area contributed by atoms with Crippen LogP contribution < -0.4 is 10.1 Å². The second-order valence-corrected chi connectivity index (χ2v) is 7.61. The number of fused-ring (bicyclic) bond motifs is 1. The molecule has 1 aromatic carbocycles. The molecule has 0 amide bonds. The van der Waals surface area contributed by atoms with Crippen LogP contribution in [-0.4, -0.2) is 37.5 Å². The summed E-state index contributed by atoms with van der Waals surface area (Å²) >= 11 is 6.27. The molecule has 34 heavy (non-hydrogen) atoms. The first-order valence-corrected chi connectivity index (χ1v) is 10.5. The van der Waals surface area contributed by atoms with Gasteiger partial charge in [0, 0.05) is 12.7 Å². The second-order valence-electron chi connectivity index (χ2n) is 7.20. The number of halogens is 4. The molecule has 0 bridgehead atoms. The smallest absolute Gasteiger partial charge is 0.416 e. The van der Waals surface area contributed by atoms with Gasteiger partial charge in [0.1, 0.15) is 22.6 Å². The Bertz CT molecular complexity index is 1300. The zero-order valence-electron chi connectivity index (χ0n) is 17.8. The van der Waals surface area contributed by atoms with Gasteiger partial charge in [-0.05, 0) is 37.3 Å². The number of hydrogen-bond acceptors (Lipinski definition) is 7. The predicted octanol–water partition coefficient (Wildman–Crippen LogP) is 5.39. The van der Waals surface area contributed by atoms with Crippen LogP contribution in [0, 0.1) is 0 Å². The van der Waals surface area contributed by atoms with Crippen molar-refractivity contribution < 1.29 is 27.8 Å². The molecule has 0 aliphatic rings. The molecule has 1 atom stereocenters. The minimum atomic E-state index is -4.49. The minimum Gasteiger partial charge on any atom is -0.438 e. The maximum Gasteiger partial charge on any atom is 0.416 e. The average Bonchev–Trinajstić information content (AvgIpc) is 3.19. The standard InChI is InChI=1S/C22H19ClF3N5O3/c1-13(32)33-8-7-31-6-5-18-19(31)20(29-12-28-18)30-15-10-17(23)21(27-11-15)34-16-4-2-3-14(9-16)22(24,25)26/h2-6,9-13,32H,7-8H2,1H3,(H,28,29,30). The van der Waals surface area contributed by atoms with Gasteiger partial charge in [-0.25, -0.2) is 15.0 Å². The van der Waals surface area contributed by atoms with Gasteiger partial charge < -0.3 is 24.5 Å². The molecule has 4 aromatic rings. The van der Waals surface area contributed by atoms with E-state index in [-0.39, 0.29) is 23.3 Å². The van der Waals surface area contributed by atoms with Gasteiger partial charge in [0.25, 0.3) is 0 Å². The van der Waals surface area contributed by atoms with Gasteiger partial charge in [0.15, 0.2) is 12.1 Å². The summed E-state index contributed by atoms with van der Waals surface area (Å²) in [5, 5.41) is 12.5. The van der Waals surface area contributed by atoms with Crippen molar-refractivity contribution in [3.63, 3.8) is 0 Å². The lowest BCUT2D eigenvalue weighted by atomic mass is 10.2. The average molecular weight is 494 g/mol. The van der Waals surface area contributed by atoms with E-state index in [1.807, 2.05) is 16.8 Å². The number of alkyl halides is 3. The number of nitrogens with zero attached hydrogens (tertiary/aromatic N) is 4. The van der Waals surface area contributed by atoms with Crippen molar-refractivity contribution in [1.82, 2.24) is 19.5 Å². The van der Waals surface area contributed by atoms with Crippen LogP contribution in [0.2, 0.25) is 5.02 Å². The first-order chi connectivity index (χ1) is 16.2. The molecule has 1 unspecified atom stereocenters. The summed E-state index contributed by atoms with van der Waals surface area (Å²) in [6.07, 6.45) is -0.713.